The third-order valence-electron chi connectivity index (χ3n) is 5.90. The molecule has 1 aliphatic carbocycles. The normalized spacial score (nSPS) is 18.2. The van der Waals surface area contributed by atoms with E-state index in [1.54, 1.807) is 30.3 Å². The number of piperidine rings is 1. The van der Waals surface area contributed by atoms with E-state index >= 15 is 0 Å². The third kappa shape index (κ3) is 4.58. The fourth-order valence-electron chi connectivity index (χ4n) is 3.98. The summed E-state index contributed by atoms with van der Waals surface area (Å²) >= 11 is 0. The van der Waals surface area contributed by atoms with E-state index in [1.807, 2.05) is 30.3 Å². The van der Waals surface area contributed by atoms with Crippen LogP contribution in [0.15, 0.2) is 48.7 Å². The van der Waals surface area contributed by atoms with Crippen LogP contribution in [0.4, 0.5) is 0 Å². The minimum atomic E-state index is -0.0569. The van der Waals surface area contributed by atoms with E-state index in [0.29, 0.717) is 37.5 Å². The van der Waals surface area contributed by atoms with Crippen LogP contribution in [0.5, 0.6) is 5.75 Å². The molecule has 152 valence electrons. The van der Waals surface area contributed by atoms with Gasteiger partial charge >= 0.3 is 0 Å². The van der Waals surface area contributed by atoms with Crippen molar-refractivity contribution >= 4 is 11.8 Å². The number of likely N-dealkylation sites (tertiary alicyclic amines) is 1. The van der Waals surface area contributed by atoms with Crippen LogP contribution in [0, 0.1) is 11.8 Å². The first-order chi connectivity index (χ1) is 14.2. The zero-order chi connectivity index (χ0) is 20.2. The van der Waals surface area contributed by atoms with Crippen LogP contribution in [-0.4, -0.2) is 41.9 Å². The zero-order valence-electron chi connectivity index (χ0n) is 16.7. The van der Waals surface area contributed by atoms with Gasteiger partial charge in [0, 0.05) is 25.2 Å². The van der Waals surface area contributed by atoms with Gasteiger partial charge in [0.1, 0.15) is 11.4 Å². The number of carbonyl (C=O) groups excluding carboxylic acids is 2. The summed E-state index contributed by atoms with van der Waals surface area (Å²) in [4.78, 5) is 31.4. The molecule has 1 saturated heterocycles. The van der Waals surface area contributed by atoms with E-state index in [4.69, 9.17) is 4.74 Å². The summed E-state index contributed by atoms with van der Waals surface area (Å²) in [6.07, 6.45) is 5.29. The lowest BCUT2D eigenvalue weighted by Crippen LogP contribution is -2.44. The number of hydrogen-bond acceptors (Lipinski definition) is 4. The zero-order valence-corrected chi connectivity index (χ0v) is 16.7. The largest absolute Gasteiger partial charge is 0.497 e. The van der Waals surface area contributed by atoms with Gasteiger partial charge in [-0.15, -0.1) is 0 Å². The molecule has 0 radical (unpaired) electrons. The molecule has 2 aromatic rings. The molecule has 0 bridgehead atoms. The number of pyridine rings is 1. The van der Waals surface area contributed by atoms with E-state index in [9.17, 15) is 9.59 Å². The second-order valence-corrected chi connectivity index (χ2v) is 7.88. The number of nitrogens with zero attached hydrogens (tertiary/aromatic N) is 2. The van der Waals surface area contributed by atoms with Gasteiger partial charge in [0.15, 0.2) is 0 Å². The lowest BCUT2D eigenvalue weighted by Gasteiger charge is -2.32. The maximum absolute atomic E-state index is 12.9. The highest BCUT2D eigenvalue weighted by Gasteiger charge is 2.36. The van der Waals surface area contributed by atoms with Crippen LogP contribution in [0.25, 0.3) is 0 Å². The van der Waals surface area contributed by atoms with E-state index in [2.05, 4.69) is 10.3 Å². The van der Waals surface area contributed by atoms with Gasteiger partial charge in [0.05, 0.1) is 13.2 Å². The summed E-state index contributed by atoms with van der Waals surface area (Å²) < 4.78 is 5.24. The highest BCUT2D eigenvalue weighted by Crippen LogP contribution is 2.41. The number of benzene rings is 1. The number of carbonyl (C=O) groups is 2. The molecule has 2 heterocycles. The number of ether oxygens (including phenoxy) is 1. The molecule has 6 nitrogen and oxygen atoms in total. The quantitative estimate of drug-likeness (QED) is 0.818. The van der Waals surface area contributed by atoms with Crippen LogP contribution in [0.2, 0.25) is 0 Å². The molecule has 1 saturated carbocycles. The Morgan fingerprint density at radius 2 is 1.79 bits per heavy atom. The average molecular weight is 393 g/mol. The molecule has 0 spiro atoms. The molecular formula is C23H27N3O3. The minimum absolute atomic E-state index is 0.0534. The molecule has 2 amide bonds. The Balaban J connectivity index is 1.34. The molecule has 2 fully saturated rings. The van der Waals surface area contributed by atoms with Crippen LogP contribution in [0.3, 0.4) is 0 Å². The molecule has 1 aromatic carbocycles. The summed E-state index contributed by atoms with van der Waals surface area (Å²) in [6.45, 7) is 1.17. The highest BCUT2D eigenvalue weighted by atomic mass is 16.5. The topological polar surface area (TPSA) is 71.5 Å². The van der Waals surface area contributed by atoms with E-state index in [1.165, 1.54) is 0 Å². The maximum Gasteiger partial charge on any atom is 0.272 e. The molecule has 1 N–H and O–H groups in total. The van der Waals surface area contributed by atoms with Gasteiger partial charge in [-0.3, -0.25) is 14.6 Å². The van der Waals surface area contributed by atoms with Crippen molar-refractivity contribution in [2.24, 2.45) is 11.8 Å². The predicted octanol–water partition coefficient (Wildman–Crippen LogP) is 3.21. The summed E-state index contributed by atoms with van der Waals surface area (Å²) in [6, 6.07) is 13.4. The van der Waals surface area contributed by atoms with Crippen molar-refractivity contribution in [2.45, 2.75) is 31.7 Å². The van der Waals surface area contributed by atoms with Crippen LogP contribution in [0.1, 0.15) is 47.8 Å². The Labute approximate surface area is 171 Å². The summed E-state index contributed by atoms with van der Waals surface area (Å²) in [5.41, 5.74) is 1.59. The number of amides is 2. The number of aromatic nitrogens is 1. The van der Waals surface area contributed by atoms with Gasteiger partial charge in [-0.25, -0.2) is 0 Å². The first kappa shape index (κ1) is 19.4. The Kier molecular flexibility index (Phi) is 5.79. The number of hydrogen-bond donors (Lipinski definition) is 1. The summed E-state index contributed by atoms with van der Waals surface area (Å²) in [5.74, 6) is 1.32. The maximum atomic E-state index is 12.9. The molecule has 1 atom stereocenters. The van der Waals surface area contributed by atoms with Gasteiger partial charge in [0.2, 0.25) is 5.91 Å². The van der Waals surface area contributed by atoms with Crippen molar-refractivity contribution in [3.05, 3.63) is 59.9 Å². The number of nitrogens with one attached hydrogen (secondary N) is 1. The number of rotatable bonds is 6. The van der Waals surface area contributed by atoms with Crippen molar-refractivity contribution in [2.75, 3.05) is 20.2 Å². The fourth-order valence-corrected chi connectivity index (χ4v) is 3.98. The smallest absolute Gasteiger partial charge is 0.272 e. The van der Waals surface area contributed by atoms with Gasteiger partial charge in [-0.1, -0.05) is 18.2 Å². The lowest BCUT2D eigenvalue weighted by molar-refractivity contribution is -0.127. The molecule has 6 heteroatoms. The van der Waals surface area contributed by atoms with E-state index in [-0.39, 0.29) is 23.8 Å². The Morgan fingerprint density at radius 3 is 2.38 bits per heavy atom. The SMILES string of the molecule is COc1ccc([C@H](NC(=O)C2CCN(C(=O)c3ccccn3)CC2)C2CC2)cc1. The first-order valence-electron chi connectivity index (χ1n) is 10.3. The van der Waals surface area contributed by atoms with E-state index < -0.39 is 0 Å². The molecule has 0 unspecified atom stereocenters. The van der Waals surface area contributed by atoms with Gasteiger partial charge in [0.25, 0.3) is 5.91 Å². The molecule has 4 rings (SSSR count). The minimum Gasteiger partial charge on any atom is -0.497 e. The van der Waals surface area contributed by atoms with Crippen molar-refractivity contribution in [1.82, 2.24) is 15.2 Å². The van der Waals surface area contributed by atoms with Crippen molar-refractivity contribution in [1.29, 1.82) is 0 Å². The predicted molar refractivity (Wildman–Crippen MR) is 109 cm³/mol. The standard InChI is InChI=1S/C23H27N3O3/c1-29-19-9-7-17(8-10-19)21(16-5-6-16)25-22(27)18-11-14-26(15-12-18)23(28)20-4-2-3-13-24-20/h2-4,7-10,13,16,18,21H,5-6,11-12,14-15H2,1H3,(H,25,27)/t21-/m1/s1. The third-order valence-corrected chi connectivity index (χ3v) is 5.90. The number of methoxy groups -OCH3 is 1. The van der Waals surface area contributed by atoms with E-state index in [0.717, 1.165) is 24.2 Å². The van der Waals surface area contributed by atoms with Crippen molar-refractivity contribution in [3.63, 3.8) is 0 Å². The lowest BCUT2D eigenvalue weighted by atomic mass is 9.94. The monoisotopic (exact) mass is 393 g/mol. The summed E-state index contributed by atoms with van der Waals surface area (Å²) in [7, 11) is 1.65. The Hall–Kier alpha value is -2.89. The molecule has 29 heavy (non-hydrogen) atoms. The van der Waals surface area contributed by atoms with Crippen molar-refractivity contribution < 1.29 is 14.3 Å². The molecular weight excluding hydrogens is 366 g/mol. The highest BCUT2D eigenvalue weighted by molar-refractivity contribution is 5.92. The Morgan fingerprint density at radius 1 is 1.07 bits per heavy atom. The van der Waals surface area contributed by atoms with Crippen LogP contribution >= 0.6 is 0 Å². The summed E-state index contributed by atoms with van der Waals surface area (Å²) in [5, 5.41) is 3.28. The van der Waals surface area contributed by atoms with Crippen LogP contribution < -0.4 is 10.1 Å². The van der Waals surface area contributed by atoms with Gasteiger partial charge < -0.3 is 15.0 Å². The first-order valence-corrected chi connectivity index (χ1v) is 10.3. The van der Waals surface area contributed by atoms with Crippen LogP contribution in [-0.2, 0) is 4.79 Å². The second kappa shape index (κ2) is 8.64. The average Bonchev–Trinajstić information content (AvgIpc) is 3.63. The molecule has 1 aromatic heterocycles. The second-order valence-electron chi connectivity index (χ2n) is 7.88. The Bertz CT molecular complexity index is 841. The van der Waals surface area contributed by atoms with Gasteiger partial charge in [-0.05, 0) is 61.4 Å². The van der Waals surface area contributed by atoms with Gasteiger partial charge in [-0.2, -0.15) is 0 Å². The van der Waals surface area contributed by atoms with Crippen molar-refractivity contribution in [3.8, 4) is 5.75 Å². The molecule has 2 aliphatic rings. The fraction of sp³-hybridized carbons (Fsp3) is 0.435. The molecule has 1 aliphatic heterocycles.